The fraction of sp³-hybridized carbons (Fsp3) is 0.583. The summed E-state index contributed by atoms with van der Waals surface area (Å²) < 4.78 is 0. The van der Waals surface area contributed by atoms with Crippen molar-refractivity contribution in [3.63, 3.8) is 0 Å². The summed E-state index contributed by atoms with van der Waals surface area (Å²) in [6, 6.07) is 0. The molecule has 1 aliphatic heterocycles. The minimum absolute atomic E-state index is 0.160. The third-order valence-corrected chi connectivity index (χ3v) is 2.66. The molecule has 1 aliphatic rings. The van der Waals surface area contributed by atoms with E-state index in [0.717, 1.165) is 31.6 Å². The van der Waals surface area contributed by atoms with E-state index in [4.69, 9.17) is 0 Å². The third kappa shape index (κ3) is 2.93. The van der Waals surface area contributed by atoms with Crippen LogP contribution in [0.25, 0.3) is 0 Å². The third-order valence-electron chi connectivity index (χ3n) is 2.66. The smallest absolute Gasteiger partial charge is 0.249 e. The van der Waals surface area contributed by atoms with Crippen molar-refractivity contribution in [1.29, 1.82) is 0 Å². The van der Waals surface area contributed by atoms with E-state index in [1.165, 1.54) is 5.57 Å². The first-order chi connectivity index (χ1) is 7.20. The van der Waals surface area contributed by atoms with Crippen molar-refractivity contribution >= 4 is 5.91 Å². The molecule has 0 aromatic rings. The van der Waals surface area contributed by atoms with Crippen LogP contribution in [0.2, 0.25) is 0 Å². The maximum absolute atomic E-state index is 12.0. The Morgan fingerprint density at radius 3 is 2.67 bits per heavy atom. The van der Waals surface area contributed by atoms with Crippen LogP contribution in [0.4, 0.5) is 0 Å². The van der Waals surface area contributed by atoms with Crippen molar-refractivity contribution < 1.29 is 4.79 Å². The van der Waals surface area contributed by atoms with Crippen LogP contribution in [0.1, 0.15) is 20.3 Å². The molecule has 0 spiro atoms. The zero-order chi connectivity index (χ0) is 11.3. The van der Waals surface area contributed by atoms with Crippen LogP contribution in [-0.2, 0) is 4.79 Å². The van der Waals surface area contributed by atoms with Crippen LogP contribution in [0.5, 0.6) is 0 Å². The number of carbonyl (C=O) groups is 1. The lowest BCUT2D eigenvalue weighted by atomic mass is 10.0. The monoisotopic (exact) mass is 208 g/mol. The highest BCUT2D eigenvalue weighted by molar-refractivity contribution is 5.94. The van der Waals surface area contributed by atoms with Gasteiger partial charge in [0, 0.05) is 31.8 Å². The molecule has 0 aromatic heterocycles. The van der Waals surface area contributed by atoms with Crippen molar-refractivity contribution in [2.45, 2.75) is 20.3 Å². The first-order valence-electron chi connectivity index (χ1n) is 5.50. The molecule has 3 heteroatoms. The average molecular weight is 208 g/mol. The first-order valence-corrected chi connectivity index (χ1v) is 5.50. The van der Waals surface area contributed by atoms with Gasteiger partial charge in [-0.1, -0.05) is 13.0 Å². The Labute approximate surface area is 91.8 Å². The molecule has 1 amide bonds. The zero-order valence-electron chi connectivity index (χ0n) is 9.68. The predicted octanol–water partition coefficient (Wildman–Crippen LogP) is 1.33. The Hall–Kier alpha value is -1.09. The predicted molar refractivity (Wildman–Crippen MR) is 62.6 cm³/mol. The van der Waals surface area contributed by atoms with Crippen molar-refractivity contribution in [2.75, 3.05) is 26.2 Å². The van der Waals surface area contributed by atoms with Gasteiger partial charge in [0.25, 0.3) is 0 Å². The number of amides is 1. The summed E-state index contributed by atoms with van der Waals surface area (Å²) in [5.74, 6) is 0.160. The molecular weight excluding hydrogens is 188 g/mol. The summed E-state index contributed by atoms with van der Waals surface area (Å²) in [7, 11) is 0. The Kier molecular flexibility index (Phi) is 4.56. The molecule has 3 nitrogen and oxygen atoms in total. The first kappa shape index (κ1) is 12.0. The van der Waals surface area contributed by atoms with E-state index < -0.39 is 0 Å². The molecule has 1 rings (SSSR count). The van der Waals surface area contributed by atoms with Crippen LogP contribution in [0.3, 0.4) is 0 Å². The van der Waals surface area contributed by atoms with E-state index in [9.17, 15) is 4.79 Å². The molecule has 1 fully saturated rings. The van der Waals surface area contributed by atoms with E-state index in [0.29, 0.717) is 6.54 Å². The SMILES string of the molecule is C=CCN(CCC)C(=O)C(C)=C1CNC1. The molecule has 1 saturated heterocycles. The summed E-state index contributed by atoms with van der Waals surface area (Å²) in [4.78, 5) is 13.9. The zero-order valence-corrected chi connectivity index (χ0v) is 9.68. The molecule has 0 aliphatic carbocycles. The van der Waals surface area contributed by atoms with E-state index in [1.54, 1.807) is 6.08 Å². The van der Waals surface area contributed by atoms with Gasteiger partial charge in [-0.15, -0.1) is 6.58 Å². The highest BCUT2D eigenvalue weighted by atomic mass is 16.2. The highest BCUT2D eigenvalue weighted by Crippen LogP contribution is 2.12. The van der Waals surface area contributed by atoms with E-state index in [1.807, 2.05) is 11.8 Å². The average Bonchev–Trinajstić information content (AvgIpc) is 2.13. The molecule has 15 heavy (non-hydrogen) atoms. The number of hydrogen-bond donors (Lipinski definition) is 1. The van der Waals surface area contributed by atoms with Gasteiger partial charge >= 0.3 is 0 Å². The van der Waals surface area contributed by atoms with Gasteiger partial charge in [-0.05, 0) is 18.9 Å². The van der Waals surface area contributed by atoms with Gasteiger partial charge in [-0.3, -0.25) is 4.79 Å². The number of carbonyl (C=O) groups excluding carboxylic acids is 1. The summed E-state index contributed by atoms with van der Waals surface area (Å²) in [6.45, 7) is 10.9. The number of hydrogen-bond acceptors (Lipinski definition) is 2. The summed E-state index contributed by atoms with van der Waals surface area (Å²) in [6.07, 6.45) is 2.77. The van der Waals surface area contributed by atoms with Gasteiger partial charge in [-0.2, -0.15) is 0 Å². The van der Waals surface area contributed by atoms with Gasteiger partial charge in [0.15, 0.2) is 0 Å². The Morgan fingerprint density at radius 2 is 2.27 bits per heavy atom. The minimum atomic E-state index is 0.160. The largest absolute Gasteiger partial charge is 0.335 e. The van der Waals surface area contributed by atoms with Crippen molar-refractivity contribution in [2.24, 2.45) is 0 Å². The lowest BCUT2D eigenvalue weighted by molar-refractivity contribution is -0.126. The Balaban J connectivity index is 2.65. The van der Waals surface area contributed by atoms with Crippen LogP contribution in [0, 0.1) is 0 Å². The second kappa shape index (κ2) is 5.71. The van der Waals surface area contributed by atoms with Gasteiger partial charge in [0.05, 0.1) is 0 Å². The van der Waals surface area contributed by atoms with Crippen molar-refractivity contribution in [3.05, 3.63) is 23.8 Å². The maximum atomic E-state index is 12.0. The second-order valence-corrected chi connectivity index (χ2v) is 3.87. The lowest BCUT2D eigenvalue weighted by Crippen LogP contribution is -2.39. The van der Waals surface area contributed by atoms with Crippen LogP contribution in [0.15, 0.2) is 23.8 Å². The second-order valence-electron chi connectivity index (χ2n) is 3.87. The molecule has 1 N–H and O–H groups in total. The van der Waals surface area contributed by atoms with Gasteiger partial charge in [0.2, 0.25) is 5.91 Å². The van der Waals surface area contributed by atoms with Gasteiger partial charge in [0.1, 0.15) is 0 Å². The van der Waals surface area contributed by atoms with Crippen LogP contribution >= 0.6 is 0 Å². The summed E-state index contributed by atoms with van der Waals surface area (Å²) in [5, 5.41) is 3.15. The topological polar surface area (TPSA) is 32.3 Å². The fourth-order valence-corrected chi connectivity index (χ4v) is 1.61. The molecule has 1 heterocycles. The number of nitrogens with one attached hydrogen (secondary N) is 1. The molecule has 0 radical (unpaired) electrons. The standard InChI is InChI=1S/C12H20N2O/c1-4-6-14(7-5-2)12(15)10(3)11-8-13-9-11/h4,13H,1,5-9H2,2-3H3. The Morgan fingerprint density at radius 1 is 1.60 bits per heavy atom. The molecule has 0 atom stereocenters. The fourth-order valence-electron chi connectivity index (χ4n) is 1.61. The Bertz CT molecular complexity index is 275. The van der Waals surface area contributed by atoms with Crippen LogP contribution in [-0.4, -0.2) is 37.0 Å². The van der Waals surface area contributed by atoms with Crippen molar-refractivity contribution in [1.82, 2.24) is 10.2 Å². The normalized spacial score (nSPS) is 14.4. The maximum Gasteiger partial charge on any atom is 0.249 e. The molecular formula is C12H20N2O. The minimum Gasteiger partial charge on any atom is -0.335 e. The van der Waals surface area contributed by atoms with Crippen LogP contribution < -0.4 is 5.32 Å². The van der Waals surface area contributed by atoms with Gasteiger partial charge < -0.3 is 10.2 Å². The van der Waals surface area contributed by atoms with E-state index >= 15 is 0 Å². The molecule has 0 bridgehead atoms. The van der Waals surface area contributed by atoms with E-state index in [-0.39, 0.29) is 5.91 Å². The van der Waals surface area contributed by atoms with Crippen molar-refractivity contribution in [3.8, 4) is 0 Å². The highest BCUT2D eigenvalue weighted by Gasteiger charge is 2.19. The number of nitrogens with zero attached hydrogens (tertiary/aromatic N) is 1. The number of rotatable bonds is 5. The molecule has 0 saturated carbocycles. The summed E-state index contributed by atoms with van der Waals surface area (Å²) in [5.41, 5.74) is 2.15. The lowest BCUT2D eigenvalue weighted by Gasteiger charge is -2.26. The molecule has 0 aromatic carbocycles. The summed E-state index contributed by atoms with van der Waals surface area (Å²) >= 11 is 0. The molecule has 0 unspecified atom stereocenters. The molecule has 84 valence electrons. The van der Waals surface area contributed by atoms with E-state index in [2.05, 4.69) is 18.8 Å². The quantitative estimate of drug-likeness (QED) is 0.546. The van der Waals surface area contributed by atoms with Gasteiger partial charge in [-0.25, -0.2) is 0 Å².